The quantitative estimate of drug-likeness (QED) is 0.702. The van der Waals surface area contributed by atoms with E-state index in [0.717, 1.165) is 11.3 Å². The summed E-state index contributed by atoms with van der Waals surface area (Å²) in [7, 11) is 0. The summed E-state index contributed by atoms with van der Waals surface area (Å²) in [5.41, 5.74) is 12.8. The molecule has 0 atom stereocenters. The summed E-state index contributed by atoms with van der Waals surface area (Å²) in [6.07, 6.45) is 3.46. The maximum atomic E-state index is 5.55. The van der Waals surface area contributed by atoms with Crippen LogP contribution in [-0.4, -0.2) is 24.7 Å². The number of rotatable bonds is 2. The minimum atomic E-state index is 0.0926. The summed E-state index contributed by atoms with van der Waals surface area (Å²) in [4.78, 5) is 11.8. The van der Waals surface area contributed by atoms with Gasteiger partial charge in [-0.15, -0.1) is 0 Å². The van der Waals surface area contributed by atoms with Gasteiger partial charge >= 0.3 is 0 Å². The van der Waals surface area contributed by atoms with Crippen LogP contribution < -0.4 is 11.5 Å². The molecule has 0 bridgehead atoms. The summed E-state index contributed by atoms with van der Waals surface area (Å²) in [6.45, 7) is 0. The fourth-order valence-corrected chi connectivity index (χ4v) is 1.70. The third-order valence-corrected chi connectivity index (χ3v) is 2.53. The van der Waals surface area contributed by atoms with Crippen molar-refractivity contribution in [3.05, 3.63) is 42.7 Å². The highest BCUT2D eigenvalue weighted by molar-refractivity contribution is 5.55. The van der Waals surface area contributed by atoms with Crippen molar-refractivity contribution >= 4 is 11.9 Å². The monoisotopic (exact) mass is 253 g/mol. The SMILES string of the molecule is Nc1nc(N)nc(-c2cnn(-c3ccccc3)c2)n1. The third-order valence-electron chi connectivity index (χ3n) is 2.53. The Labute approximate surface area is 108 Å². The first-order valence-electron chi connectivity index (χ1n) is 5.60. The molecule has 0 unspecified atom stereocenters. The van der Waals surface area contributed by atoms with E-state index in [4.69, 9.17) is 11.5 Å². The Morgan fingerprint density at radius 1 is 0.895 bits per heavy atom. The normalized spacial score (nSPS) is 10.5. The number of hydrogen-bond acceptors (Lipinski definition) is 6. The average Bonchev–Trinajstić information content (AvgIpc) is 2.88. The van der Waals surface area contributed by atoms with Crippen LogP contribution in [0.3, 0.4) is 0 Å². The second kappa shape index (κ2) is 4.37. The van der Waals surface area contributed by atoms with Gasteiger partial charge in [-0.2, -0.15) is 20.1 Å². The maximum absolute atomic E-state index is 5.55. The summed E-state index contributed by atoms with van der Waals surface area (Å²) in [6, 6.07) is 9.73. The van der Waals surface area contributed by atoms with Crippen LogP contribution in [0.5, 0.6) is 0 Å². The van der Waals surface area contributed by atoms with Crippen LogP contribution >= 0.6 is 0 Å². The topological polar surface area (TPSA) is 109 Å². The van der Waals surface area contributed by atoms with E-state index >= 15 is 0 Å². The lowest BCUT2D eigenvalue weighted by molar-refractivity contribution is 0.880. The van der Waals surface area contributed by atoms with Crippen LogP contribution in [0.25, 0.3) is 17.1 Å². The summed E-state index contributed by atoms with van der Waals surface area (Å²) in [5.74, 6) is 0.595. The molecule has 2 heterocycles. The highest BCUT2D eigenvalue weighted by Gasteiger charge is 2.08. The number of nitrogens with two attached hydrogens (primary N) is 2. The molecule has 4 N–H and O–H groups in total. The molecule has 0 aliphatic rings. The van der Waals surface area contributed by atoms with Gasteiger partial charge in [0.25, 0.3) is 0 Å². The minimum Gasteiger partial charge on any atom is -0.368 e. The van der Waals surface area contributed by atoms with E-state index in [2.05, 4.69) is 20.1 Å². The van der Waals surface area contributed by atoms with Crippen molar-refractivity contribution in [3.63, 3.8) is 0 Å². The van der Waals surface area contributed by atoms with Gasteiger partial charge in [0.2, 0.25) is 11.9 Å². The molecule has 0 fully saturated rings. The van der Waals surface area contributed by atoms with Gasteiger partial charge in [-0.3, -0.25) is 0 Å². The van der Waals surface area contributed by atoms with Crippen molar-refractivity contribution in [1.82, 2.24) is 24.7 Å². The van der Waals surface area contributed by atoms with E-state index in [0.29, 0.717) is 5.82 Å². The molecular weight excluding hydrogens is 242 g/mol. The number of anilines is 2. The van der Waals surface area contributed by atoms with Crippen LogP contribution in [-0.2, 0) is 0 Å². The number of nitrogens with zero attached hydrogens (tertiary/aromatic N) is 5. The van der Waals surface area contributed by atoms with Crippen LogP contribution in [0.15, 0.2) is 42.7 Å². The molecule has 94 valence electrons. The Morgan fingerprint density at radius 3 is 2.26 bits per heavy atom. The first-order valence-corrected chi connectivity index (χ1v) is 5.60. The zero-order valence-electron chi connectivity index (χ0n) is 9.93. The van der Waals surface area contributed by atoms with Crippen molar-refractivity contribution in [3.8, 4) is 17.1 Å². The highest BCUT2D eigenvalue weighted by atomic mass is 15.3. The fraction of sp³-hybridized carbons (Fsp3) is 0. The van der Waals surface area contributed by atoms with E-state index < -0.39 is 0 Å². The molecule has 0 radical (unpaired) electrons. The van der Waals surface area contributed by atoms with Gasteiger partial charge in [-0.1, -0.05) is 18.2 Å². The third kappa shape index (κ3) is 2.21. The van der Waals surface area contributed by atoms with E-state index in [1.165, 1.54) is 0 Å². The van der Waals surface area contributed by atoms with Gasteiger partial charge in [0, 0.05) is 6.20 Å². The van der Waals surface area contributed by atoms with Crippen LogP contribution in [0.2, 0.25) is 0 Å². The Balaban J connectivity index is 2.02. The molecule has 0 saturated carbocycles. The fourth-order valence-electron chi connectivity index (χ4n) is 1.70. The molecule has 1 aromatic carbocycles. The predicted octanol–water partition coefficient (Wildman–Crippen LogP) is 0.889. The van der Waals surface area contributed by atoms with Gasteiger partial charge < -0.3 is 11.5 Å². The molecule has 0 spiro atoms. The summed E-state index contributed by atoms with van der Waals surface area (Å²) >= 11 is 0. The Hall–Kier alpha value is -2.96. The molecule has 3 aromatic rings. The molecule has 7 heteroatoms. The number of para-hydroxylation sites is 1. The van der Waals surface area contributed by atoms with Crippen molar-refractivity contribution < 1.29 is 0 Å². The Kier molecular flexibility index (Phi) is 2.57. The van der Waals surface area contributed by atoms with E-state index in [9.17, 15) is 0 Å². The first-order chi connectivity index (χ1) is 9.22. The van der Waals surface area contributed by atoms with Gasteiger partial charge in [-0.05, 0) is 12.1 Å². The molecular formula is C12H11N7. The predicted molar refractivity (Wildman–Crippen MR) is 71.2 cm³/mol. The Bertz CT molecular complexity index is 685. The molecule has 7 nitrogen and oxygen atoms in total. The van der Waals surface area contributed by atoms with E-state index in [1.54, 1.807) is 10.9 Å². The van der Waals surface area contributed by atoms with Crippen LogP contribution in [0, 0.1) is 0 Å². The van der Waals surface area contributed by atoms with Gasteiger partial charge in [0.15, 0.2) is 5.82 Å². The molecule has 2 aromatic heterocycles. The molecule has 0 aliphatic carbocycles. The zero-order chi connectivity index (χ0) is 13.2. The number of hydrogen-bond donors (Lipinski definition) is 2. The smallest absolute Gasteiger partial charge is 0.225 e. The average molecular weight is 253 g/mol. The largest absolute Gasteiger partial charge is 0.368 e. The second-order valence-corrected chi connectivity index (χ2v) is 3.88. The van der Waals surface area contributed by atoms with Crippen LogP contribution in [0.1, 0.15) is 0 Å². The lowest BCUT2D eigenvalue weighted by Crippen LogP contribution is -2.03. The molecule has 0 saturated heterocycles. The van der Waals surface area contributed by atoms with Crippen LogP contribution in [0.4, 0.5) is 11.9 Å². The standard InChI is InChI=1S/C12H11N7/c13-11-16-10(17-12(14)18-11)8-6-15-19(7-8)9-4-2-1-3-5-9/h1-7H,(H4,13,14,16,17,18). The summed E-state index contributed by atoms with van der Waals surface area (Å²) < 4.78 is 1.73. The van der Waals surface area contributed by atoms with Crippen molar-refractivity contribution in [2.24, 2.45) is 0 Å². The van der Waals surface area contributed by atoms with Gasteiger partial charge in [-0.25, -0.2) is 4.68 Å². The van der Waals surface area contributed by atoms with Crippen molar-refractivity contribution in [2.45, 2.75) is 0 Å². The van der Waals surface area contributed by atoms with E-state index in [1.807, 2.05) is 36.5 Å². The highest BCUT2D eigenvalue weighted by Crippen LogP contribution is 2.17. The lowest BCUT2D eigenvalue weighted by atomic mass is 10.3. The second-order valence-electron chi connectivity index (χ2n) is 3.88. The lowest BCUT2D eigenvalue weighted by Gasteiger charge is -2.00. The first kappa shape index (κ1) is 11.1. The van der Waals surface area contributed by atoms with Crippen molar-refractivity contribution in [2.75, 3.05) is 11.5 Å². The van der Waals surface area contributed by atoms with E-state index in [-0.39, 0.29) is 11.9 Å². The number of benzene rings is 1. The van der Waals surface area contributed by atoms with Gasteiger partial charge in [0.05, 0.1) is 17.4 Å². The van der Waals surface area contributed by atoms with Gasteiger partial charge in [0.1, 0.15) is 0 Å². The summed E-state index contributed by atoms with van der Waals surface area (Å²) in [5, 5.41) is 4.26. The maximum Gasteiger partial charge on any atom is 0.225 e. The molecule has 19 heavy (non-hydrogen) atoms. The minimum absolute atomic E-state index is 0.0926. The Morgan fingerprint density at radius 2 is 1.58 bits per heavy atom. The molecule has 3 rings (SSSR count). The number of aromatic nitrogens is 5. The number of nitrogen functional groups attached to an aromatic ring is 2. The zero-order valence-corrected chi connectivity index (χ0v) is 9.93. The van der Waals surface area contributed by atoms with Crippen molar-refractivity contribution in [1.29, 1.82) is 0 Å². The molecule has 0 amide bonds. The molecule has 0 aliphatic heterocycles.